The van der Waals surface area contributed by atoms with E-state index in [1.807, 2.05) is 30.3 Å². The first kappa shape index (κ1) is 16.1. The van der Waals surface area contributed by atoms with Gasteiger partial charge < -0.3 is 9.47 Å². The summed E-state index contributed by atoms with van der Waals surface area (Å²) in [6.45, 7) is 6.95. The number of fused-ring (bicyclic) bond motifs is 1. The molecule has 0 saturated heterocycles. The zero-order valence-electron chi connectivity index (χ0n) is 13.3. The fourth-order valence-electron chi connectivity index (χ4n) is 2.27. The standard InChI is InChI=1S/C17H21NO4/c1-11(2)21-16(19)18(17(20)22-12(3)4)15-10-9-13-7-5-6-8-14(13)15/h5-12,15H,1-4H3. The summed E-state index contributed by atoms with van der Waals surface area (Å²) in [6.07, 6.45) is 1.65. The summed E-state index contributed by atoms with van der Waals surface area (Å²) in [4.78, 5) is 25.7. The Morgan fingerprint density at radius 1 is 1.00 bits per heavy atom. The minimum atomic E-state index is -0.702. The van der Waals surface area contributed by atoms with Crippen LogP contribution in [0.25, 0.3) is 6.08 Å². The predicted molar refractivity (Wildman–Crippen MR) is 83.3 cm³/mol. The molecule has 1 aromatic carbocycles. The van der Waals surface area contributed by atoms with E-state index in [4.69, 9.17) is 9.47 Å². The molecule has 0 radical (unpaired) electrons. The smallest absolute Gasteiger partial charge is 0.420 e. The zero-order chi connectivity index (χ0) is 16.3. The van der Waals surface area contributed by atoms with E-state index in [2.05, 4.69) is 0 Å². The summed E-state index contributed by atoms with van der Waals surface area (Å²) in [5.41, 5.74) is 1.86. The second kappa shape index (κ2) is 6.64. The number of imide groups is 1. The first-order chi connectivity index (χ1) is 10.4. The van der Waals surface area contributed by atoms with E-state index in [9.17, 15) is 9.59 Å². The molecule has 0 aromatic heterocycles. The van der Waals surface area contributed by atoms with Gasteiger partial charge >= 0.3 is 12.2 Å². The molecule has 5 heteroatoms. The Balaban J connectivity index is 2.31. The van der Waals surface area contributed by atoms with Gasteiger partial charge in [-0.1, -0.05) is 36.4 Å². The molecule has 1 aliphatic rings. The van der Waals surface area contributed by atoms with Gasteiger partial charge in [0.1, 0.15) is 0 Å². The Morgan fingerprint density at radius 2 is 1.55 bits per heavy atom. The minimum Gasteiger partial charge on any atom is -0.446 e. The van der Waals surface area contributed by atoms with Gasteiger partial charge in [-0.2, -0.15) is 0 Å². The van der Waals surface area contributed by atoms with E-state index in [0.717, 1.165) is 16.0 Å². The van der Waals surface area contributed by atoms with Crippen LogP contribution in [0.15, 0.2) is 30.3 Å². The summed E-state index contributed by atoms with van der Waals surface area (Å²) in [7, 11) is 0. The summed E-state index contributed by atoms with van der Waals surface area (Å²) in [5, 5.41) is 0. The van der Waals surface area contributed by atoms with Crippen molar-refractivity contribution in [2.75, 3.05) is 0 Å². The van der Waals surface area contributed by atoms with Crippen molar-refractivity contribution in [2.24, 2.45) is 0 Å². The van der Waals surface area contributed by atoms with Crippen molar-refractivity contribution in [3.05, 3.63) is 41.5 Å². The lowest BCUT2D eigenvalue weighted by Crippen LogP contribution is -2.41. The lowest BCUT2D eigenvalue weighted by Gasteiger charge is -2.27. The van der Waals surface area contributed by atoms with Crippen molar-refractivity contribution >= 4 is 18.3 Å². The second-order valence-corrected chi connectivity index (χ2v) is 5.67. The van der Waals surface area contributed by atoms with Crippen LogP contribution in [0.1, 0.15) is 44.9 Å². The van der Waals surface area contributed by atoms with Crippen LogP contribution in [0.3, 0.4) is 0 Å². The number of amides is 2. The molecule has 5 nitrogen and oxygen atoms in total. The fourth-order valence-corrected chi connectivity index (χ4v) is 2.27. The van der Waals surface area contributed by atoms with E-state index in [0.29, 0.717) is 0 Å². The minimum absolute atomic E-state index is 0.317. The van der Waals surface area contributed by atoms with Crippen LogP contribution in [-0.4, -0.2) is 29.3 Å². The molecule has 1 unspecified atom stereocenters. The number of hydrogen-bond donors (Lipinski definition) is 0. The number of carbonyl (C=O) groups is 2. The van der Waals surface area contributed by atoms with Crippen LogP contribution < -0.4 is 0 Å². The molecule has 0 heterocycles. The quantitative estimate of drug-likeness (QED) is 0.842. The Morgan fingerprint density at radius 3 is 2.09 bits per heavy atom. The Hall–Kier alpha value is -2.30. The van der Waals surface area contributed by atoms with Crippen LogP contribution in [0, 0.1) is 0 Å². The maximum absolute atomic E-state index is 12.3. The van der Waals surface area contributed by atoms with Gasteiger partial charge in [0.25, 0.3) is 0 Å². The molecule has 1 aliphatic carbocycles. The summed E-state index contributed by atoms with van der Waals surface area (Å²) < 4.78 is 10.4. The first-order valence-electron chi connectivity index (χ1n) is 7.37. The van der Waals surface area contributed by atoms with Gasteiger partial charge in [-0.05, 0) is 38.8 Å². The molecule has 1 atom stereocenters. The maximum atomic E-state index is 12.3. The normalized spacial score (nSPS) is 15.8. The van der Waals surface area contributed by atoms with E-state index in [1.165, 1.54) is 0 Å². The highest BCUT2D eigenvalue weighted by Gasteiger charge is 2.35. The third-order valence-corrected chi connectivity index (χ3v) is 3.12. The average Bonchev–Trinajstić information content (AvgIpc) is 2.81. The van der Waals surface area contributed by atoms with E-state index >= 15 is 0 Å². The molecule has 0 aliphatic heterocycles. The lowest BCUT2D eigenvalue weighted by atomic mass is 10.1. The van der Waals surface area contributed by atoms with Gasteiger partial charge in [-0.25, -0.2) is 14.5 Å². The van der Waals surface area contributed by atoms with Crippen LogP contribution in [0.2, 0.25) is 0 Å². The van der Waals surface area contributed by atoms with Gasteiger partial charge in [0.15, 0.2) is 0 Å². The molecule has 2 rings (SSSR count). The largest absolute Gasteiger partial charge is 0.446 e. The van der Waals surface area contributed by atoms with Gasteiger partial charge in [-0.3, -0.25) is 0 Å². The van der Waals surface area contributed by atoms with Crippen molar-refractivity contribution in [3.63, 3.8) is 0 Å². The van der Waals surface area contributed by atoms with Gasteiger partial charge in [0, 0.05) is 0 Å². The second-order valence-electron chi connectivity index (χ2n) is 5.67. The van der Waals surface area contributed by atoms with Crippen LogP contribution >= 0.6 is 0 Å². The van der Waals surface area contributed by atoms with E-state index < -0.39 is 18.2 Å². The molecule has 118 valence electrons. The molecular weight excluding hydrogens is 282 g/mol. The fraction of sp³-hybridized carbons (Fsp3) is 0.412. The van der Waals surface area contributed by atoms with Crippen molar-refractivity contribution in [1.29, 1.82) is 0 Å². The molecule has 1 aromatic rings. The maximum Gasteiger partial charge on any atom is 0.420 e. The summed E-state index contributed by atoms with van der Waals surface area (Å²) in [6, 6.07) is 7.10. The number of hydrogen-bond acceptors (Lipinski definition) is 4. The number of benzene rings is 1. The summed E-state index contributed by atoms with van der Waals surface area (Å²) >= 11 is 0. The highest BCUT2D eigenvalue weighted by molar-refractivity contribution is 5.89. The van der Waals surface area contributed by atoms with Gasteiger partial charge in [-0.15, -0.1) is 0 Å². The number of carbonyl (C=O) groups excluding carboxylic acids is 2. The molecule has 2 amide bonds. The van der Waals surface area contributed by atoms with Crippen molar-refractivity contribution in [1.82, 2.24) is 4.90 Å². The molecule has 0 N–H and O–H groups in total. The first-order valence-corrected chi connectivity index (χ1v) is 7.37. The molecule has 22 heavy (non-hydrogen) atoms. The highest BCUT2D eigenvalue weighted by Crippen LogP contribution is 2.33. The molecule has 0 bridgehead atoms. The third-order valence-electron chi connectivity index (χ3n) is 3.12. The van der Waals surface area contributed by atoms with E-state index in [-0.39, 0.29) is 12.2 Å². The third kappa shape index (κ3) is 3.47. The molecule has 0 spiro atoms. The summed E-state index contributed by atoms with van der Waals surface area (Å²) in [5.74, 6) is 0. The predicted octanol–water partition coefficient (Wildman–Crippen LogP) is 4.15. The Bertz CT molecular complexity index is 570. The number of ether oxygens (including phenoxy) is 2. The molecule has 0 fully saturated rings. The van der Waals surface area contributed by atoms with Crippen molar-refractivity contribution < 1.29 is 19.1 Å². The van der Waals surface area contributed by atoms with Gasteiger partial charge in [0.2, 0.25) is 0 Å². The number of nitrogens with zero attached hydrogens (tertiary/aromatic N) is 1. The SMILES string of the molecule is CC(C)OC(=O)N(C(=O)OC(C)C)C1C=Cc2ccccc21. The van der Waals surface area contributed by atoms with E-state index in [1.54, 1.807) is 33.8 Å². The van der Waals surface area contributed by atoms with Crippen molar-refractivity contribution in [3.8, 4) is 0 Å². The monoisotopic (exact) mass is 303 g/mol. The van der Waals surface area contributed by atoms with Crippen LogP contribution in [0.4, 0.5) is 9.59 Å². The Labute approximate surface area is 130 Å². The van der Waals surface area contributed by atoms with Crippen molar-refractivity contribution in [2.45, 2.75) is 45.9 Å². The average molecular weight is 303 g/mol. The topological polar surface area (TPSA) is 55.8 Å². The van der Waals surface area contributed by atoms with Gasteiger partial charge in [0.05, 0.1) is 18.2 Å². The lowest BCUT2D eigenvalue weighted by molar-refractivity contribution is 0.0441. The van der Waals surface area contributed by atoms with Crippen LogP contribution in [-0.2, 0) is 9.47 Å². The highest BCUT2D eigenvalue weighted by atomic mass is 16.6. The Kier molecular flexibility index (Phi) is 4.85. The molecular formula is C17H21NO4. The number of rotatable bonds is 3. The van der Waals surface area contributed by atoms with Crippen LogP contribution in [0.5, 0.6) is 0 Å². The zero-order valence-corrected chi connectivity index (χ0v) is 13.3. The molecule has 0 saturated carbocycles.